The zero-order valence-electron chi connectivity index (χ0n) is 11.5. The molecular formula is C15H25N3. The lowest BCUT2D eigenvalue weighted by Gasteiger charge is -2.29. The smallest absolute Gasteiger partial charge is 0.0948 e. The first-order chi connectivity index (χ1) is 8.83. The second-order valence-electron chi connectivity index (χ2n) is 6.16. The van der Waals surface area contributed by atoms with E-state index in [1.807, 2.05) is 6.33 Å². The number of nitrogens with zero attached hydrogens (tertiary/aromatic N) is 2. The Morgan fingerprint density at radius 3 is 2.89 bits per heavy atom. The van der Waals surface area contributed by atoms with Crippen LogP contribution < -0.4 is 5.32 Å². The summed E-state index contributed by atoms with van der Waals surface area (Å²) >= 11 is 0. The van der Waals surface area contributed by atoms with Gasteiger partial charge in [-0.3, -0.25) is 0 Å². The molecule has 2 aliphatic rings. The van der Waals surface area contributed by atoms with Gasteiger partial charge in [-0.15, -0.1) is 0 Å². The molecule has 1 aromatic heterocycles. The van der Waals surface area contributed by atoms with Crippen molar-refractivity contribution in [1.82, 2.24) is 14.9 Å². The average Bonchev–Trinajstić information content (AvgIpc) is 3.10. The zero-order chi connectivity index (χ0) is 12.4. The highest BCUT2D eigenvalue weighted by molar-refractivity contribution is 5.08. The summed E-state index contributed by atoms with van der Waals surface area (Å²) in [6, 6.07) is 0.544. The van der Waals surface area contributed by atoms with Crippen LogP contribution in [-0.4, -0.2) is 16.1 Å². The molecule has 0 radical (unpaired) electrons. The molecule has 0 spiro atoms. The van der Waals surface area contributed by atoms with Crippen molar-refractivity contribution in [2.75, 3.05) is 6.54 Å². The SMILES string of the molecule is CCC1(Cn2cncc2C2CCCN2)CCCC1. The van der Waals surface area contributed by atoms with Crippen molar-refractivity contribution < 1.29 is 0 Å². The van der Waals surface area contributed by atoms with Gasteiger partial charge >= 0.3 is 0 Å². The van der Waals surface area contributed by atoms with Crippen LogP contribution in [0.25, 0.3) is 0 Å². The minimum Gasteiger partial charge on any atom is -0.333 e. The van der Waals surface area contributed by atoms with Crippen molar-refractivity contribution in [3.63, 3.8) is 0 Å². The van der Waals surface area contributed by atoms with E-state index in [0.29, 0.717) is 11.5 Å². The predicted molar refractivity (Wildman–Crippen MR) is 73.4 cm³/mol. The third-order valence-corrected chi connectivity index (χ3v) is 5.08. The van der Waals surface area contributed by atoms with Crippen LogP contribution >= 0.6 is 0 Å². The lowest BCUT2D eigenvalue weighted by molar-refractivity contribution is 0.233. The van der Waals surface area contributed by atoms with Crippen molar-refractivity contribution in [2.45, 2.75) is 64.5 Å². The van der Waals surface area contributed by atoms with Gasteiger partial charge in [0.2, 0.25) is 0 Å². The number of nitrogens with one attached hydrogen (secondary N) is 1. The summed E-state index contributed by atoms with van der Waals surface area (Å²) in [4.78, 5) is 4.40. The van der Waals surface area contributed by atoms with Gasteiger partial charge in [0.25, 0.3) is 0 Å². The maximum atomic E-state index is 4.40. The lowest BCUT2D eigenvalue weighted by atomic mass is 9.83. The van der Waals surface area contributed by atoms with E-state index in [9.17, 15) is 0 Å². The minimum atomic E-state index is 0.544. The van der Waals surface area contributed by atoms with Crippen LogP contribution in [-0.2, 0) is 6.54 Å². The highest BCUT2D eigenvalue weighted by Gasteiger charge is 2.33. The molecule has 100 valence electrons. The molecule has 2 fully saturated rings. The summed E-state index contributed by atoms with van der Waals surface area (Å²) in [7, 11) is 0. The molecule has 3 nitrogen and oxygen atoms in total. The van der Waals surface area contributed by atoms with E-state index in [2.05, 4.69) is 28.0 Å². The lowest BCUT2D eigenvalue weighted by Crippen LogP contribution is -2.25. The summed E-state index contributed by atoms with van der Waals surface area (Å²) in [6.45, 7) is 4.70. The molecule has 1 atom stereocenters. The van der Waals surface area contributed by atoms with Crippen molar-refractivity contribution in [1.29, 1.82) is 0 Å². The maximum Gasteiger partial charge on any atom is 0.0948 e. The Balaban J connectivity index is 1.77. The fourth-order valence-corrected chi connectivity index (χ4v) is 3.80. The van der Waals surface area contributed by atoms with Crippen LogP contribution in [0.3, 0.4) is 0 Å². The van der Waals surface area contributed by atoms with Gasteiger partial charge < -0.3 is 9.88 Å². The molecule has 0 bridgehead atoms. The number of imidazole rings is 1. The van der Waals surface area contributed by atoms with Gasteiger partial charge in [-0.05, 0) is 44.1 Å². The Hall–Kier alpha value is -0.830. The van der Waals surface area contributed by atoms with E-state index < -0.39 is 0 Å². The molecule has 3 heteroatoms. The predicted octanol–water partition coefficient (Wildman–Crippen LogP) is 3.28. The summed E-state index contributed by atoms with van der Waals surface area (Å²) in [6.07, 6.45) is 13.6. The van der Waals surface area contributed by atoms with Crippen LogP contribution in [0.15, 0.2) is 12.5 Å². The third kappa shape index (κ3) is 2.20. The summed E-state index contributed by atoms with van der Waals surface area (Å²) in [5.74, 6) is 0. The van der Waals surface area contributed by atoms with Crippen molar-refractivity contribution in [2.24, 2.45) is 5.41 Å². The molecule has 1 N–H and O–H groups in total. The summed E-state index contributed by atoms with van der Waals surface area (Å²) in [5.41, 5.74) is 1.96. The second-order valence-corrected chi connectivity index (χ2v) is 6.16. The standard InChI is InChI=1S/C15H25N3/c1-2-15(7-3-4-8-15)11-18-12-16-10-14(18)13-6-5-9-17-13/h10,12-13,17H,2-9,11H2,1H3. The number of hydrogen-bond donors (Lipinski definition) is 1. The number of rotatable bonds is 4. The van der Waals surface area contributed by atoms with E-state index in [0.717, 1.165) is 6.54 Å². The molecule has 3 rings (SSSR count). The third-order valence-electron chi connectivity index (χ3n) is 5.08. The van der Waals surface area contributed by atoms with Crippen molar-refractivity contribution in [3.05, 3.63) is 18.2 Å². The fraction of sp³-hybridized carbons (Fsp3) is 0.800. The molecule has 2 heterocycles. The average molecular weight is 247 g/mol. The van der Waals surface area contributed by atoms with E-state index in [1.165, 1.54) is 57.2 Å². The molecule has 1 aliphatic carbocycles. The summed E-state index contributed by atoms with van der Waals surface area (Å²) in [5, 5.41) is 3.59. The zero-order valence-corrected chi connectivity index (χ0v) is 11.5. The van der Waals surface area contributed by atoms with Gasteiger partial charge in [-0.25, -0.2) is 4.98 Å². The van der Waals surface area contributed by atoms with Crippen LogP contribution in [0.5, 0.6) is 0 Å². The highest BCUT2D eigenvalue weighted by Crippen LogP contribution is 2.42. The molecule has 18 heavy (non-hydrogen) atoms. The fourth-order valence-electron chi connectivity index (χ4n) is 3.80. The van der Waals surface area contributed by atoms with Crippen LogP contribution in [0, 0.1) is 5.41 Å². The van der Waals surface area contributed by atoms with E-state index in [-0.39, 0.29) is 0 Å². The van der Waals surface area contributed by atoms with Gasteiger partial charge in [0.1, 0.15) is 0 Å². The molecule has 1 aromatic rings. The minimum absolute atomic E-state index is 0.544. The molecule has 1 saturated heterocycles. The maximum absolute atomic E-state index is 4.40. The molecule has 0 amide bonds. The normalized spacial score (nSPS) is 26.8. The first-order valence-corrected chi connectivity index (χ1v) is 7.56. The van der Waals surface area contributed by atoms with Gasteiger partial charge in [0.05, 0.1) is 12.0 Å². The molecule has 1 aliphatic heterocycles. The Morgan fingerprint density at radius 2 is 2.22 bits per heavy atom. The van der Waals surface area contributed by atoms with E-state index in [1.54, 1.807) is 0 Å². The van der Waals surface area contributed by atoms with Crippen molar-refractivity contribution in [3.8, 4) is 0 Å². The van der Waals surface area contributed by atoms with E-state index >= 15 is 0 Å². The number of aromatic nitrogens is 2. The first kappa shape index (κ1) is 12.2. The number of hydrogen-bond acceptors (Lipinski definition) is 2. The second kappa shape index (κ2) is 5.04. The first-order valence-electron chi connectivity index (χ1n) is 7.56. The topological polar surface area (TPSA) is 29.9 Å². The van der Waals surface area contributed by atoms with Gasteiger partial charge in [0, 0.05) is 18.8 Å². The van der Waals surface area contributed by atoms with Gasteiger partial charge in [0.15, 0.2) is 0 Å². The Bertz CT molecular complexity index is 384. The highest BCUT2D eigenvalue weighted by atomic mass is 15.1. The van der Waals surface area contributed by atoms with Crippen LogP contribution in [0.2, 0.25) is 0 Å². The molecule has 0 aromatic carbocycles. The van der Waals surface area contributed by atoms with E-state index in [4.69, 9.17) is 0 Å². The molecule has 1 unspecified atom stereocenters. The molecular weight excluding hydrogens is 222 g/mol. The Morgan fingerprint density at radius 1 is 1.39 bits per heavy atom. The summed E-state index contributed by atoms with van der Waals surface area (Å²) < 4.78 is 2.43. The van der Waals surface area contributed by atoms with Crippen LogP contribution in [0.4, 0.5) is 0 Å². The monoisotopic (exact) mass is 247 g/mol. The quantitative estimate of drug-likeness (QED) is 0.885. The van der Waals surface area contributed by atoms with Crippen LogP contribution in [0.1, 0.15) is 63.6 Å². The largest absolute Gasteiger partial charge is 0.333 e. The molecule has 1 saturated carbocycles. The van der Waals surface area contributed by atoms with Gasteiger partial charge in [-0.1, -0.05) is 19.8 Å². The Kier molecular flexibility index (Phi) is 3.42. The van der Waals surface area contributed by atoms with Gasteiger partial charge in [-0.2, -0.15) is 0 Å². The Labute approximate surface area is 110 Å². The van der Waals surface area contributed by atoms with Crippen molar-refractivity contribution >= 4 is 0 Å².